The fraction of sp³-hybridized carbons (Fsp3) is 0.560. The average Bonchev–Trinajstić information content (AvgIpc) is 2.74. The molecule has 29 heavy (non-hydrogen) atoms. The predicted molar refractivity (Wildman–Crippen MR) is 119 cm³/mol. The van der Waals surface area contributed by atoms with Crippen LogP contribution in [-0.4, -0.2) is 17.0 Å². The molecule has 0 aliphatic rings. The molecule has 0 saturated heterocycles. The Morgan fingerprint density at radius 3 is 1.86 bits per heavy atom. The molecular formula is C25H37NO3. The van der Waals surface area contributed by atoms with Crippen LogP contribution in [0.2, 0.25) is 0 Å². The van der Waals surface area contributed by atoms with Crippen LogP contribution in [0.25, 0.3) is 0 Å². The van der Waals surface area contributed by atoms with Gasteiger partial charge in [0.15, 0.2) is 5.43 Å². The molecule has 0 spiro atoms. The van der Waals surface area contributed by atoms with E-state index in [2.05, 4.69) is 12.1 Å². The molecule has 160 valence electrons. The van der Waals surface area contributed by atoms with Crippen LogP contribution >= 0.6 is 0 Å². The lowest BCUT2D eigenvalue weighted by molar-refractivity contribution is 0.165. The molecule has 2 rings (SSSR count). The minimum atomic E-state index is 0.0671. The molecule has 1 aromatic carbocycles. The van der Waals surface area contributed by atoms with Crippen molar-refractivity contribution in [2.24, 2.45) is 0 Å². The van der Waals surface area contributed by atoms with Gasteiger partial charge in [0.25, 0.3) is 0 Å². The van der Waals surface area contributed by atoms with Crippen molar-refractivity contribution in [2.45, 2.75) is 85.0 Å². The molecule has 0 aliphatic carbocycles. The molecule has 0 amide bonds. The predicted octanol–water partition coefficient (Wildman–Crippen LogP) is 5.93. The first-order valence-corrected chi connectivity index (χ1v) is 11.0. The van der Waals surface area contributed by atoms with Gasteiger partial charge >= 0.3 is 0 Å². The highest BCUT2D eigenvalue weighted by Gasteiger charge is 2.13. The van der Waals surface area contributed by atoms with Crippen LogP contribution in [0.1, 0.15) is 79.4 Å². The smallest absolute Gasteiger partial charge is 0.188 e. The molecule has 2 aromatic rings. The topological polar surface area (TPSA) is 51.5 Å². The maximum absolute atomic E-state index is 12.2. The van der Waals surface area contributed by atoms with Crippen molar-refractivity contribution >= 4 is 0 Å². The third-order valence-electron chi connectivity index (χ3n) is 6.02. The fourth-order valence-electron chi connectivity index (χ4n) is 3.86. The lowest BCUT2D eigenvalue weighted by atomic mass is 10.0. The highest BCUT2D eigenvalue weighted by molar-refractivity contribution is 5.29. The Bertz CT molecular complexity index is 821. The van der Waals surface area contributed by atoms with Crippen LogP contribution < -0.4 is 10.2 Å². The van der Waals surface area contributed by atoms with Gasteiger partial charge in [-0.05, 0) is 64.2 Å². The lowest BCUT2D eigenvalue weighted by Crippen LogP contribution is -2.21. The van der Waals surface area contributed by atoms with Crippen LogP contribution in [0.5, 0.6) is 5.75 Å². The molecule has 0 saturated carbocycles. The highest BCUT2D eigenvalue weighted by Crippen LogP contribution is 2.16. The van der Waals surface area contributed by atoms with Gasteiger partial charge in [0.2, 0.25) is 0 Å². The SMILES string of the molecule is COc1ccc(CCCCCCCCCCc2c(C)c(=O)c(C)c(C)n2O)cc1. The van der Waals surface area contributed by atoms with Gasteiger partial charge in [-0.15, -0.1) is 0 Å². The normalized spacial score (nSPS) is 11.0. The van der Waals surface area contributed by atoms with Gasteiger partial charge in [-0.3, -0.25) is 4.79 Å². The van der Waals surface area contributed by atoms with E-state index in [1.54, 1.807) is 21.0 Å². The largest absolute Gasteiger partial charge is 0.497 e. The first-order chi connectivity index (χ1) is 14.0. The van der Waals surface area contributed by atoms with E-state index in [0.717, 1.165) is 37.1 Å². The Kier molecular flexibility index (Phi) is 9.30. The van der Waals surface area contributed by atoms with Crippen molar-refractivity contribution in [3.05, 3.63) is 62.6 Å². The maximum atomic E-state index is 12.2. The summed E-state index contributed by atoms with van der Waals surface area (Å²) in [4.78, 5) is 12.2. The summed E-state index contributed by atoms with van der Waals surface area (Å²) >= 11 is 0. The molecule has 4 heteroatoms. The van der Waals surface area contributed by atoms with E-state index in [-0.39, 0.29) is 5.43 Å². The average molecular weight is 400 g/mol. The summed E-state index contributed by atoms with van der Waals surface area (Å²) in [5, 5.41) is 10.3. The van der Waals surface area contributed by atoms with Gasteiger partial charge in [-0.1, -0.05) is 50.7 Å². The van der Waals surface area contributed by atoms with Gasteiger partial charge in [-0.25, -0.2) is 0 Å². The number of pyridine rings is 1. The molecule has 0 atom stereocenters. The van der Waals surface area contributed by atoms with E-state index in [1.807, 2.05) is 19.1 Å². The monoisotopic (exact) mass is 399 g/mol. The number of nitrogens with zero attached hydrogens (tertiary/aromatic N) is 1. The van der Waals surface area contributed by atoms with E-state index in [0.29, 0.717) is 16.8 Å². The number of methoxy groups -OCH3 is 1. The number of unbranched alkanes of at least 4 members (excludes halogenated alkanes) is 7. The summed E-state index contributed by atoms with van der Waals surface area (Å²) < 4.78 is 6.41. The van der Waals surface area contributed by atoms with Gasteiger partial charge in [0, 0.05) is 11.1 Å². The lowest BCUT2D eigenvalue weighted by Gasteiger charge is -2.15. The van der Waals surface area contributed by atoms with Crippen molar-refractivity contribution in [3.8, 4) is 5.75 Å². The van der Waals surface area contributed by atoms with Gasteiger partial charge < -0.3 is 9.94 Å². The number of ether oxygens (including phenoxy) is 1. The zero-order valence-corrected chi connectivity index (χ0v) is 18.6. The second-order valence-electron chi connectivity index (χ2n) is 8.10. The zero-order chi connectivity index (χ0) is 21.2. The molecule has 1 N–H and O–H groups in total. The Hall–Kier alpha value is -2.23. The summed E-state index contributed by atoms with van der Waals surface area (Å²) in [6.07, 6.45) is 11.7. The second-order valence-corrected chi connectivity index (χ2v) is 8.10. The summed E-state index contributed by atoms with van der Waals surface area (Å²) in [7, 11) is 1.70. The van der Waals surface area contributed by atoms with E-state index >= 15 is 0 Å². The van der Waals surface area contributed by atoms with E-state index in [9.17, 15) is 10.0 Å². The first-order valence-electron chi connectivity index (χ1n) is 11.0. The van der Waals surface area contributed by atoms with Crippen LogP contribution in [0.4, 0.5) is 0 Å². The molecule has 0 unspecified atom stereocenters. The van der Waals surface area contributed by atoms with Gasteiger partial charge in [-0.2, -0.15) is 4.73 Å². The number of rotatable bonds is 12. The Balaban J connectivity index is 1.56. The van der Waals surface area contributed by atoms with Crippen molar-refractivity contribution in [1.29, 1.82) is 0 Å². The first kappa shape index (κ1) is 23.1. The van der Waals surface area contributed by atoms with E-state index in [1.165, 1.54) is 48.8 Å². The minimum absolute atomic E-state index is 0.0671. The Labute approximate surface area is 175 Å². The molecule has 1 heterocycles. The molecule has 0 aliphatic heterocycles. The molecule has 0 bridgehead atoms. The standard InChI is InChI=1S/C25H37NO3/c1-19-21(3)26(28)24(20(2)25(19)27)14-12-10-8-6-5-7-9-11-13-22-15-17-23(29-4)18-16-22/h15-18,28H,5-14H2,1-4H3. The van der Waals surface area contributed by atoms with Crippen LogP contribution in [0.15, 0.2) is 29.1 Å². The number of aryl methyl sites for hydroxylation is 1. The number of hydrogen-bond acceptors (Lipinski definition) is 3. The van der Waals surface area contributed by atoms with Crippen molar-refractivity contribution in [1.82, 2.24) is 4.73 Å². The summed E-state index contributed by atoms with van der Waals surface area (Å²) in [6, 6.07) is 8.37. The van der Waals surface area contributed by atoms with Crippen LogP contribution in [-0.2, 0) is 12.8 Å². The maximum Gasteiger partial charge on any atom is 0.188 e. The fourth-order valence-corrected chi connectivity index (χ4v) is 3.86. The van der Waals surface area contributed by atoms with Crippen LogP contribution in [0.3, 0.4) is 0 Å². The third kappa shape index (κ3) is 6.66. The summed E-state index contributed by atoms with van der Waals surface area (Å²) in [5.74, 6) is 0.920. The van der Waals surface area contributed by atoms with Gasteiger partial charge in [0.1, 0.15) is 5.75 Å². The van der Waals surface area contributed by atoms with Crippen molar-refractivity contribution in [2.75, 3.05) is 7.11 Å². The third-order valence-corrected chi connectivity index (χ3v) is 6.02. The molecular weight excluding hydrogens is 362 g/mol. The molecule has 0 radical (unpaired) electrons. The second kappa shape index (κ2) is 11.7. The Morgan fingerprint density at radius 1 is 0.793 bits per heavy atom. The van der Waals surface area contributed by atoms with Gasteiger partial charge in [0.05, 0.1) is 18.5 Å². The molecule has 1 aromatic heterocycles. The summed E-state index contributed by atoms with van der Waals surface area (Å²) in [5.41, 5.74) is 4.21. The number of hydrogen-bond donors (Lipinski definition) is 1. The highest BCUT2D eigenvalue weighted by atomic mass is 16.5. The summed E-state index contributed by atoms with van der Waals surface area (Å²) in [6.45, 7) is 5.40. The zero-order valence-electron chi connectivity index (χ0n) is 18.6. The van der Waals surface area contributed by atoms with E-state index in [4.69, 9.17) is 4.74 Å². The van der Waals surface area contributed by atoms with Crippen molar-refractivity contribution in [3.63, 3.8) is 0 Å². The van der Waals surface area contributed by atoms with Crippen LogP contribution in [0, 0.1) is 20.8 Å². The Morgan fingerprint density at radius 2 is 1.31 bits per heavy atom. The molecule has 4 nitrogen and oxygen atoms in total. The quantitative estimate of drug-likeness (QED) is 0.356. The van der Waals surface area contributed by atoms with Crippen molar-refractivity contribution < 1.29 is 9.94 Å². The number of aromatic nitrogens is 1. The number of benzene rings is 1. The molecule has 0 fully saturated rings. The van der Waals surface area contributed by atoms with E-state index < -0.39 is 0 Å². The minimum Gasteiger partial charge on any atom is -0.497 e.